The van der Waals surface area contributed by atoms with Gasteiger partial charge in [0.25, 0.3) is 18.3 Å². The SMILES string of the molecule is CC(C)Oc1cc2nc([C@H]3CC[C@H](CN4CCC(c5cc6c(cc5F)c(N5CCC(=O)NC5=O)nn6C)C(F)(F)C4)CC3)cn2cc1C(=O)Nc1cccc(C(F)F)n1. The second-order valence-corrected chi connectivity index (χ2v) is 16.0. The molecule has 13 nitrogen and oxygen atoms in total. The van der Waals surface area contributed by atoms with Crippen LogP contribution in [0.15, 0.2) is 48.8 Å². The maximum Gasteiger partial charge on any atom is 0.329 e. The Morgan fingerprint density at radius 1 is 1.03 bits per heavy atom. The number of hydrogen-bond acceptors (Lipinski definition) is 8. The number of likely N-dealkylation sites (tertiary alicyclic amines) is 1. The quantitative estimate of drug-likeness (QED) is 0.138. The molecule has 1 saturated carbocycles. The molecule has 8 rings (SSSR count). The number of anilines is 2. The van der Waals surface area contributed by atoms with Crippen molar-refractivity contribution in [3.05, 3.63) is 77.1 Å². The zero-order valence-corrected chi connectivity index (χ0v) is 32.7. The molecule has 2 aliphatic heterocycles. The van der Waals surface area contributed by atoms with Gasteiger partial charge in [-0.2, -0.15) is 5.10 Å². The molecule has 1 aromatic carbocycles. The fourth-order valence-corrected chi connectivity index (χ4v) is 8.64. The van der Waals surface area contributed by atoms with E-state index >= 15 is 13.2 Å². The summed E-state index contributed by atoms with van der Waals surface area (Å²) in [5.74, 6) is -5.59. The van der Waals surface area contributed by atoms with Crippen molar-refractivity contribution in [2.75, 3.05) is 36.4 Å². The Hall–Kier alpha value is -5.65. The van der Waals surface area contributed by atoms with Gasteiger partial charge in [0.2, 0.25) is 5.91 Å². The number of ether oxygens (including phenoxy) is 1. The van der Waals surface area contributed by atoms with Crippen molar-refractivity contribution in [3.8, 4) is 5.75 Å². The first-order valence-corrected chi connectivity index (χ1v) is 19.8. The number of halogens is 5. The molecule has 0 bridgehead atoms. The van der Waals surface area contributed by atoms with Gasteiger partial charge in [-0.05, 0) is 88.2 Å². The normalized spacial score (nSPS) is 21.5. The van der Waals surface area contributed by atoms with Crippen LogP contribution in [0.25, 0.3) is 16.6 Å². The van der Waals surface area contributed by atoms with Crippen LogP contribution in [0.5, 0.6) is 5.75 Å². The number of alkyl halides is 4. The third-order valence-electron chi connectivity index (χ3n) is 11.5. The highest BCUT2D eigenvalue weighted by Crippen LogP contribution is 2.44. The number of nitrogens with zero attached hydrogens (tertiary/aromatic N) is 7. The number of piperidine rings is 1. The molecule has 1 atom stereocenters. The average Bonchev–Trinajstić information content (AvgIpc) is 3.73. The van der Waals surface area contributed by atoms with E-state index < -0.39 is 54.2 Å². The lowest BCUT2D eigenvalue weighted by Gasteiger charge is -2.41. The number of carbonyl (C=O) groups is 3. The Kier molecular flexibility index (Phi) is 10.8. The Labute approximate surface area is 335 Å². The monoisotopic (exact) mass is 821 g/mol. The van der Waals surface area contributed by atoms with Gasteiger partial charge in [0.1, 0.15) is 28.7 Å². The molecule has 1 unspecified atom stereocenters. The Morgan fingerprint density at radius 2 is 1.81 bits per heavy atom. The lowest BCUT2D eigenvalue weighted by Crippen LogP contribution is -2.49. The molecule has 4 aromatic heterocycles. The van der Waals surface area contributed by atoms with Gasteiger partial charge in [-0.15, -0.1) is 0 Å². The van der Waals surface area contributed by atoms with Gasteiger partial charge in [-0.1, -0.05) is 6.07 Å². The van der Waals surface area contributed by atoms with Crippen molar-refractivity contribution in [1.29, 1.82) is 0 Å². The van der Waals surface area contributed by atoms with E-state index in [1.165, 1.54) is 33.8 Å². The third-order valence-corrected chi connectivity index (χ3v) is 11.5. The van der Waals surface area contributed by atoms with Crippen molar-refractivity contribution in [2.24, 2.45) is 13.0 Å². The van der Waals surface area contributed by atoms with Crippen molar-refractivity contribution in [3.63, 3.8) is 0 Å². The summed E-state index contributed by atoms with van der Waals surface area (Å²) in [4.78, 5) is 49.2. The van der Waals surface area contributed by atoms with Crippen LogP contribution in [0.2, 0.25) is 0 Å². The number of carbonyl (C=O) groups excluding carboxylic acids is 3. The van der Waals surface area contributed by atoms with E-state index in [9.17, 15) is 23.2 Å². The molecule has 0 spiro atoms. The van der Waals surface area contributed by atoms with Crippen LogP contribution in [0.1, 0.15) is 97.9 Å². The molecule has 312 valence electrons. The number of imidazole rings is 1. The summed E-state index contributed by atoms with van der Waals surface area (Å²) < 4.78 is 83.2. The predicted molar refractivity (Wildman–Crippen MR) is 208 cm³/mol. The second kappa shape index (κ2) is 15.8. The van der Waals surface area contributed by atoms with Crippen LogP contribution in [0.3, 0.4) is 0 Å². The molecule has 5 aromatic rings. The minimum absolute atomic E-state index is 0.0156. The Balaban J connectivity index is 0.906. The highest BCUT2D eigenvalue weighted by Gasteiger charge is 2.47. The largest absolute Gasteiger partial charge is 0.490 e. The van der Waals surface area contributed by atoms with Gasteiger partial charge in [0.05, 0.1) is 35.3 Å². The summed E-state index contributed by atoms with van der Waals surface area (Å²) >= 11 is 0. The van der Waals surface area contributed by atoms with Crippen LogP contribution in [-0.2, 0) is 11.8 Å². The van der Waals surface area contributed by atoms with Crippen LogP contribution in [0, 0.1) is 11.7 Å². The summed E-state index contributed by atoms with van der Waals surface area (Å²) in [5, 5.41) is 9.48. The third kappa shape index (κ3) is 8.18. The van der Waals surface area contributed by atoms with Crippen molar-refractivity contribution < 1.29 is 41.1 Å². The molecule has 0 radical (unpaired) electrons. The van der Waals surface area contributed by atoms with E-state index in [0.29, 0.717) is 29.6 Å². The Morgan fingerprint density at radius 3 is 2.53 bits per heavy atom. The van der Waals surface area contributed by atoms with Gasteiger partial charge >= 0.3 is 6.03 Å². The predicted octanol–water partition coefficient (Wildman–Crippen LogP) is 7.58. The van der Waals surface area contributed by atoms with Crippen LogP contribution in [-0.4, -0.2) is 85.1 Å². The summed E-state index contributed by atoms with van der Waals surface area (Å²) in [6.45, 7) is 4.10. The second-order valence-electron chi connectivity index (χ2n) is 16.0. The molecular formula is C41H44F5N9O4. The average molecular weight is 822 g/mol. The number of amides is 4. The van der Waals surface area contributed by atoms with E-state index in [0.717, 1.165) is 37.4 Å². The van der Waals surface area contributed by atoms with E-state index in [1.807, 2.05) is 20.0 Å². The molecule has 2 N–H and O–H groups in total. The topological polar surface area (TPSA) is 139 Å². The number of aromatic nitrogens is 5. The number of urea groups is 1. The number of nitrogens with one attached hydrogen (secondary N) is 2. The highest BCUT2D eigenvalue weighted by atomic mass is 19.3. The zero-order chi connectivity index (χ0) is 41.7. The highest BCUT2D eigenvalue weighted by molar-refractivity contribution is 6.09. The van der Waals surface area contributed by atoms with Gasteiger partial charge in [-0.3, -0.25) is 29.4 Å². The lowest BCUT2D eigenvalue weighted by atomic mass is 9.79. The van der Waals surface area contributed by atoms with E-state index in [1.54, 1.807) is 28.6 Å². The van der Waals surface area contributed by atoms with Gasteiger partial charge in [0, 0.05) is 56.3 Å². The number of aryl methyl sites for hydroxylation is 1. The van der Waals surface area contributed by atoms with E-state index in [4.69, 9.17) is 9.72 Å². The van der Waals surface area contributed by atoms with Crippen LogP contribution >= 0.6 is 0 Å². The van der Waals surface area contributed by atoms with Crippen LogP contribution < -0.4 is 20.3 Å². The fourth-order valence-electron chi connectivity index (χ4n) is 8.64. The minimum atomic E-state index is -3.20. The maximum atomic E-state index is 15.9. The summed E-state index contributed by atoms with van der Waals surface area (Å²) in [7, 11) is 1.60. The Bertz CT molecular complexity index is 2430. The first-order chi connectivity index (χ1) is 28.1. The van der Waals surface area contributed by atoms with Crippen LogP contribution in [0.4, 0.5) is 38.4 Å². The molecule has 18 heteroatoms. The number of fused-ring (bicyclic) bond motifs is 2. The minimum Gasteiger partial charge on any atom is -0.490 e. The smallest absolute Gasteiger partial charge is 0.329 e. The fraction of sp³-hybridized carbons (Fsp3) is 0.463. The number of benzene rings is 1. The molecule has 3 aliphatic rings. The molecule has 1 aliphatic carbocycles. The molecule has 6 heterocycles. The number of hydrogen-bond donors (Lipinski definition) is 2. The summed E-state index contributed by atoms with van der Waals surface area (Å²) in [5.41, 5.74) is 1.46. The standard InChI is InChI=1S/C41H44F5N9O4/c1-22(2)59-33-17-35-48-31(20-54(35)19-27(33)39(57)49-34-6-4-5-30(47-34)37(43)44)24-9-7-23(8-10-24)18-53-13-11-28(41(45,46)21-53)25-16-32-26(15-29(25)42)38(51-52(32)3)55-14-12-36(56)50-40(55)58/h4-6,15-17,19-20,22-24,28,37H,7-14,18,21H2,1-3H3,(H,47,49,57)(H,50,56,58)/t23-,24-,28?. The number of rotatable bonds is 10. The molecule has 2 saturated heterocycles. The van der Waals surface area contributed by atoms with E-state index in [2.05, 4.69) is 20.7 Å². The molecule has 4 amide bonds. The first kappa shape index (κ1) is 40.1. The van der Waals surface area contributed by atoms with Gasteiger partial charge < -0.3 is 14.5 Å². The molecule has 3 fully saturated rings. The van der Waals surface area contributed by atoms with Crippen molar-refractivity contribution in [2.45, 2.75) is 82.7 Å². The molecule has 59 heavy (non-hydrogen) atoms. The van der Waals surface area contributed by atoms with E-state index in [-0.39, 0.29) is 65.8 Å². The first-order valence-electron chi connectivity index (χ1n) is 19.8. The van der Waals surface area contributed by atoms with Gasteiger partial charge in [0.15, 0.2) is 5.82 Å². The van der Waals surface area contributed by atoms with Gasteiger partial charge in [-0.25, -0.2) is 36.7 Å². The molecular weight excluding hydrogens is 777 g/mol. The number of imide groups is 1. The lowest BCUT2D eigenvalue weighted by molar-refractivity contribution is -0.120. The van der Waals surface area contributed by atoms with Crippen molar-refractivity contribution in [1.82, 2.24) is 34.4 Å². The zero-order valence-electron chi connectivity index (χ0n) is 32.7. The van der Waals surface area contributed by atoms with Crippen molar-refractivity contribution >= 4 is 46.0 Å². The number of pyridine rings is 2. The summed E-state index contributed by atoms with van der Waals surface area (Å²) in [6, 6.07) is 7.58. The summed E-state index contributed by atoms with van der Waals surface area (Å²) in [6.07, 6.45) is 3.74. The maximum absolute atomic E-state index is 15.9.